The van der Waals surface area contributed by atoms with Gasteiger partial charge in [0.2, 0.25) is 5.78 Å². The predicted molar refractivity (Wildman–Crippen MR) is 140 cm³/mol. The first-order chi connectivity index (χ1) is 17.9. The SMILES string of the molecule is Cc1ccc(C(=O)c2nn(-c3ccc(Cl)cc3)c(NCCCNC(=O)c3ccc(F)cc3)c2C#N)cc1. The Morgan fingerprint density at radius 3 is 2.27 bits per heavy atom. The fourth-order valence-corrected chi connectivity index (χ4v) is 3.78. The van der Waals surface area contributed by atoms with E-state index < -0.39 is 5.82 Å². The zero-order chi connectivity index (χ0) is 26.4. The molecule has 7 nitrogen and oxygen atoms in total. The van der Waals surface area contributed by atoms with Crippen LogP contribution in [0.3, 0.4) is 0 Å². The molecule has 2 N–H and O–H groups in total. The maximum absolute atomic E-state index is 13.2. The van der Waals surface area contributed by atoms with E-state index in [1.54, 1.807) is 36.4 Å². The number of anilines is 1. The van der Waals surface area contributed by atoms with Crippen molar-refractivity contribution >= 4 is 29.1 Å². The molecule has 0 unspecified atom stereocenters. The molecule has 0 radical (unpaired) electrons. The number of halogens is 2. The number of nitrogens with one attached hydrogen (secondary N) is 2. The highest BCUT2D eigenvalue weighted by Crippen LogP contribution is 2.26. The lowest BCUT2D eigenvalue weighted by atomic mass is 10.0. The number of benzene rings is 3. The highest BCUT2D eigenvalue weighted by Gasteiger charge is 2.25. The second-order valence-electron chi connectivity index (χ2n) is 8.31. The number of hydrogen-bond donors (Lipinski definition) is 2. The van der Waals surface area contributed by atoms with Gasteiger partial charge in [-0.25, -0.2) is 9.07 Å². The number of ketones is 1. The molecule has 0 atom stereocenters. The summed E-state index contributed by atoms with van der Waals surface area (Å²) in [6.07, 6.45) is 0.519. The van der Waals surface area contributed by atoms with Crippen LogP contribution in [0, 0.1) is 24.1 Å². The molecule has 0 aliphatic rings. The van der Waals surface area contributed by atoms with E-state index >= 15 is 0 Å². The first kappa shape index (κ1) is 25.6. The van der Waals surface area contributed by atoms with Gasteiger partial charge in [-0.2, -0.15) is 10.4 Å². The molecular formula is C28H23ClFN5O2. The Labute approximate surface area is 218 Å². The van der Waals surface area contributed by atoms with Crippen LogP contribution in [0.2, 0.25) is 5.02 Å². The lowest BCUT2D eigenvalue weighted by molar-refractivity contribution is 0.0952. The van der Waals surface area contributed by atoms with E-state index in [1.807, 2.05) is 19.1 Å². The van der Waals surface area contributed by atoms with Crippen molar-refractivity contribution in [2.24, 2.45) is 0 Å². The van der Waals surface area contributed by atoms with Crippen molar-refractivity contribution in [1.29, 1.82) is 5.26 Å². The van der Waals surface area contributed by atoms with E-state index in [2.05, 4.69) is 21.8 Å². The van der Waals surface area contributed by atoms with Gasteiger partial charge >= 0.3 is 0 Å². The van der Waals surface area contributed by atoms with Crippen LogP contribution in [0.15, 0.2) is 72.8 Å². The molecule has 0 aliphatic heterocycles. The van der Waals surface area contributed by atoms with Crippen LogP contribution in [0.5, 0.6) is 0 Å². The number of hydrogen-bond acceptors (Lipinski definition) is 5. The summed E-state index contributed by atoms with van der Waals surface area (Å²) in [7, 11) is 0. The first-order valence-electron chi connectivity index (χ1n) is 11.6. The number of nitriles is 1. The molecule has 9 heteroatoms. The van der Waals surface area contributed by atoms with Crippen molar-refractivity contribution in [3.05, 3.63) is 112 Å². The standard InChI is InChI=1S/C28H23ClFN5O2/c1-18-3-5-19(6-4-18)26(36)25-24(17-31)27(35(34-25)23-13-9-21(29)10-14-23)32-15-2-16-33-28(37)20-7-11-22(30)12-8-20/h3-14,32H,2,15-16H2,1H3,(H,33,37). The summed E-state index contributed by atoms with van der Waals surface area (Å²) in [5.74, 6) is -0.717. The van der Waals surface area contributed by atoms with Crippen LogP contribution in [0.4, 0.5) is 10.2 Å². The molecule has 1 heterocycles. The van der Waals surface area contributed by atoms with Gasteiger partial charge in [-0.15, -0.1) is 0 Å². The number of amides is 1. The third kappa shape index (κ3) is 6.02. The Bertz CT molecular complexity index is 1460. The molecule has 4 aromatic rings. The Kier molecular flexibility index (Phi) is 7.96. The normalized spacial score (nSPS) is 10.5. The van der Waals surface area contributed by atoms with E-state index in [4.69, 9.17) is 11.6 Å². The number of aromatic nitrogens is 2. The van der Waals surface area contributed by atoms with E-state index in [1.165, 1.54) is 28.9 Å². The molecular weight excluding hydrogens is 493 g/mol. The summed E-state index contributed by atoms with van der Waals surface area (Å²) < 4.78 is 14.6. The van der Waals surface area contributed by atoms with Gasteiger partial charge in [-0.3, -0.25) is 9.59 Å². The largest absolute Gasteiger partial charge is 0.369 e. The number of rotatable bonds is 9. The molecule has 1 aromatic heterocycles. The van der Waals surface area contributed by atoms with Crippen molar-refractivity contribution in [3.63, 3.8) is 0 Å². The molecule has 37 heavy (non-hydrogen) atoms. The van der Waals surface area contributed by atoms with Gasteiger partial charge in [0.05, 0.1) is 5.69 Å². The fourth-order valence-electron chi connectivity index (χ4n) is 3.66. The van der Waals surface area contributed by atoms with Crippen LogP contribution >= 0.6 is 11.6 Å². The first-order valence-corrected chi connectivity index (χ1v) is 11.9. The maximum atomic E-state index is 13.2. The van der Waals surface area contributed by atoms with Crippen molar-refractivity contribution < 1.29 is 14.0 Å². The number of nitrogens with zero attached hydrogens (tertiary/aromatic N) is 3. The van der Waals surface area contributed by atoms with Crippen molar-refractivity contribution in [2.75, 3.05) is 18.4 Å². The summed E-state index contributed by atoms with van der Waals surface area (Å²) in [6.45, 7) is 2.65. The minimum absolute atomic E-state index is 0.0356. The number of aryl methyl sites for hydroxylation is 1. The smallest absolute Gasteiger partial charge is 0.251 e. The topological polar surface area (TPSA) is 99.8 Å². The summed E-state index contributed by atoms with van der Waals surface area (Å²) in [6, 6.07) is 21.4. The molecule has 0 bridgehead atoms. The predicted octanol–water partition coefficient (Wildman–Crippen LogP) is 5.31. The Balaban J connectivity index is 1.53. The third-order valence-electron chi connectivity index (χ3n) is 5.64. The van der Waals surface area contributed by atoms with E-state index in [-0.39, 0.29) is 22.9 Å². The molecule has 1 amide bonds. The summed E-state index contributed by atoms with van der Waals surface area (Å²) in [5.41, 5.74) is 2.58. The van der Waals surface area contributed by atoms with Crippen molar-refractivity contribution in [3.8, 4) is 11.8 Å². The van der Waals surface area contributed by atoms with Crippen LogP contribution in [-0.2, 0) is 0 Å². The molecule has 0 aliphatic carbocycles. The Hall–Kier alpha value is -4.48. The highest BCUT2D eigenvalue weighted by molar-refractivity contribution is 6.30. The van der Waals surface area contributed by atoms with Gasteiger partial charge in [-0.05, 0) is 61.9 Å². The summed E-state index contributed by atoms with van der Waals surface area (Å²) in [5, 5.41) is 21.0. The zero-order valence-electron chi connectivity index (χ0n) is 20.0. The fraction of sp³-hybridized carbons (Fsp3) is 0.143. The minimum Gasteiger partial charge on any atom is -0.369 e. The number of carbonyl (C=O) groups excluding carboxylic acids is 2. The second kappa shape index (κ2) is 11.5. The van der Waals surface area contributed by atoms with Crippen LogP contribution in [0.25, 0.3) is 5.69 Å². The summed E-state index contributed by atoms with van der Waals surface area (Å²) in [4.78, 5) is 25.5. The average Bonchev–Trinajstić information content (AvgIpc) is 3.27. The molecule has 3 aromatic carbocycles. The van der Waals surface area contributed by atoms with E-state index in [9.17, 15) is 19.2 Å². The molecule has 0 fully saturated rings. The van der Waals surface area contributed by atoms with Crippen LogP contribution in [-0.4, -0.2) is 34.6 Å². The van der Waals surface area contributed by atoms with E-state index in [0.717, 1.165) is 5.56 Å². The average molecular weight is 516 g/mol. The zero-order valence-corrected chi connectivity index (χ0v) is 20.7. The van der Waals surface area contributed by atoms with Gasteiger partial charge in [0, 0.05) is 29.2 Å². The molecule has 4 rings (SSSR count). The Morgan fingerprint density at radius 1 is 0.973 bits per heavy atom. The second-order valence-corrected chi connectivity index (χ2v) is 8.75. The van der Waals surface area contributed by atoms with Gasteiger partial charge in [-0.1, -0.05) is 41.4 Å². The minimum atomic E-state index is -0.411. The van der Waals surface area contributed by atoms with Crippen molar-refractivity contribution in [1.82, 2.24) is 15.1 Å². The maximum Gasteiger partial charge on any atom is 0.251 e. The van der Waals surface area contributed by atoms with Crippen molar-refractivity contribution in [2.45, 2.75) is 13.3 Å². The molecule has 0 spiro atoms. The van der Waals surface area contributed by atoms with Gasteiger partial charge in [0.1, 0.15) is 23.3 Å². The lowest BCUT2D eigenvalue weighted by Gasteiger charge is -2.11. The molecule has 0 saturated heterocycles. The lowest BCUT2D eigenvalue weighted by Crippen LogP contribution is -2.26. The Morgan fingerprint density at radius 2 is 1.62 bits per heavy atom. The molecule has 0 saturated carbocycles. The molecule has 186 valence electrons. The van der Waals surface area contributed by atoms with E-state index in [0.29, 0.717) is 47.2 Å². The quantitative estimate of drug-likeness (QED) is 0.232. The van der Waals surface area contributed by atoms with Crippen LogP contribution in [0.1, 0.15) is 44.0 Å². The summed E-state index contributed by atoms with van der Waals surface area (Å²) >= 11 is 6.04. The van der Waals surface area contributed by atoms with Crippen LogP contribution < -0.4 is 10.6 Å². The van der Waals surface area contributed by atoms with Gasteiger partial charge in [0.25, 0.3) is 5.91 Å². The highest BCUT2D eigenvalue weighted by atomic mass is 35.5. The monoisotopic (exact) mass is 515 g/mol. The van der Waals surface area contributed by atoms with Gasteiger partial charge in [0.15, 0.2) is 5.69 Å². The third-order valence-corrected chi connectivity index (χ3v) is 5.89. The van der Waals surface area contributed by atoms with Gasteiger partial charge < -0.3 is 10.6 Å². The number of carbonyl (C=O) groups is 2.